The molecule has 1 aromatic heterocycles. The molecule has 4 rings (SSSR count). The summed E-state index contributed by atoms with van der Waals surface area (Å²) in [6.45, 7) is 2.16. The fourth-order valence-electron chi connectivity index (χ4n) is 3.91. The predicted octanol–water partition coefficient (Wildman–Crippen LogP) is 4.13. The molecule has 3 unspecified atom stereocenters. The van der Waals surface area contributed by atoms with Crippen molar-refractivity contribution in [2.45, 2.75) is 30.2 Å². The van der Waals surface area contributed by atoms with Crippen LogP contribution in [0.1, 0.15) is 34.4 Å². The minimum absolute atomic E-state index is 0.264. The molecule has 132 valence electrons. The minimum Gasteiger partial charge on any atom is -0.377 e. The average Bonchev–Trinajstić information content (AvgIpc) is 3.22. The summed E-state index contributed by atoms with van der Waals surface area (Å²) in [5.74, 6) is 0.697. The fraction of sp³-hybridized carbons (Fsp3) is 0.368. The molecule has 0 fully saturated rings. The number of thiophene rings is 1. The summed E-state index contributed by atoms with van der Waals surface area (Å²) in [4.78, 5) is 1.75. The number of aryl methyl sites for hydroxylation is 1. The lowest BCUT2D eigenvalue weighted by Crippen LogP contribution is -2.29. The van der Waals surface area contributed by atoms with Gasteiger partial charge in [-0.2, -0.15) is 0 Å². The van der Waals surface area contributed by atoms with Gasteiger partial charge < -0.3 is 5.32 Å². The SMILES string of the molecule is Cc1ccsc1C1Nc2ccc(S(=O)(=O)N(C)C)cc2C2C=CCC21. The van der Waals surface area contributed by atoms with Crippen LogP contribution in [0.5, 0.6) is 0 Å². The Labute approximate surface area is 153 Å². The van der Waals surface area contributed by atoms with Crippen molar-refractivity contribution in [1.82, 2.24) is 4.31 Å². The van der Waals surface area contributed by atoms with Crippen LogP contribution in [-0.2, 0) is 10.0 Å². The number of anilines is 1. The predicted molar refractivity (Wildman–Crippen MR) is 103 cm³/mol. The van der Waals surface area contributed by atoms with Gasteiger partial charge in [-0.1, -0.05) is 12.2 Å². The molecular weight excluding hydrogens is 352 g/mol. The van der Waals surface area contributed by atoms with Gasteiger partial charge in [0.05, 0.1) is 10.9 Å². The Morgan fingerprint density at radius 1 is 1.24 bits per heavy atom. The van der Waals surface area contributed by atoms with E-state index in [0.29, 0.717) is 10.8 Å². The molecule has 2 aliphatic rings. The first-order valence-electron chi connectivity index (χ1n) is 8.43. The zero-order chi connectivity index (χ0) is 17.8. The van der Waals surface area contributed by atoms with Gasteiger partial charge in [-0.25, -0.2) is 12.7 Å². The summed E-state index contributed by atoms with van der Waals surface area (Å²) < 4.78 is 26.3. The maximum Gasteiger partial charge on any atom is 0.242 e. The smallest absolute Gasteiger partial charge is 0.242 e. The molecule has 4 nitrogen and oxygen atoms in total. The number of rotatable bonds is 3. The number of fused-ring (bicyclic) bond motifs is 3. The maximum absolute atomic E-state index is 12.5. The van der Waals surface area contributed by atoms with E-state index in [0.717, 1.165) is 17.7 Å². The van der Waals surface area contributed by atoms with Crippen molar-refractivity contribution in [3.63, 3.8) is 0 Å². The zero-order valence-corrected chi connectivity index (χ0v) is 16.2. The van der Waals surface area contributed by atoms with Crippen molar-refractivity contribution in [2.75, 3.05) is 19.4 Å². The number of nitrogens with zero attached hydrogens (tertiary/aromatic N) is 1. The van der Waals surface area contributed by atoms with Crippen LogP contribution in [0.4, 0.5) is 5.69 Å². The molecule has 0 bridgehead atoms. The molecule has 1 aliphatic heterocycles. The lowest BCUT2D eigenvalue weighted by molar-refractivity contribution is 0.428. The molecule has 25 heavy (non-hydrogen) atoms. The minimum atomic E-state index is -3.42. The van der Waals surface area contributed by atoms with Crippen LogP contribution in [0.2, 0.25) is 0 Å². The monoisotopic (exact) mass is 374 g/mol. The lowest BCUT2D eigenvalue weighted by atomic mass is 9.78. The highest BCUT2D eigenvalue weighted by atomic mass is 32.2. The van der Waals surface area contributed by atoms with Crippen LogP contribution in [0, 0.1) is 12.8 Å². The molecule has 0 spiro atoms. The standard InChI is InChI=1S/C19H22N2O2S2/c1-12-9-10-24-19(12)18-15-6-4-5-14(15)16-11-13(7-8-17(16)20-18)25(22,23)21(2)3/h4-5,7-11,14-15,18,20H,6H2,1-3H3. The van der Waals surface area contributed by atoms with Gasteiger partial charge in [0.1, 0.15) is 0 Å². The van der Waals surface area contributed by atoms with Gasteiger partial charge in [-0.05, 0) is 60.0 Å². The van der Waals surface area contributed by atoms with Crippen molar-refractivity contribution in [3.8, 4) is 0 Å². The second kappa shape index (κ2) is 5.97. The Bertz CT molecular complexity index is 944. The molecule has 2 aromatic rings. The van der Waals surface area contributed by atoms with Gasteiger partial charge in [0, 0.05) is 30.6 Å². The highest BCUT2D eigenvalue weighted by Crippen LogP contribution is 2.51. The van der Waals surface area contributed by atoms with E-state index in [1.165, 1.54) is 14.7 Å². The first kappa shape index (κ1) is 16.8. The number of sulfonamides is 1. The Hall–Kier alpha value is -1.63. The Morgan fingerprint density at radius 3 is 2.72 bits per heavy atom. The Morgan fingerprint density at radius 2 is 2.04 bits per heavy atom. The van der Waals surface area contributed by atoms with E-state index in [2.05, 4.69) is 35.8 Å². The van der Waals surface area contributed by atoms with Gasteiger partial charge in [-0.3, -0.25) is 0 Å². The Balaban J connectivity index is 1.80. The van der Waals surface area contributed by atoms with Crippen LogP contribution in [0.25, 0.3) is 0 Å². The van der Waals surface area contributed by atoms with E-state index in [-0.39, 0.29) is 12.0 Å². The summed E-state index contributed by atoms with van der Waals surface area (Å²) >= 11 is 1.80. The summed E-state index contributed by atoms with van der Waals surface area (Å²) in [6.07, 6.45) is 5.49. The van der Waals surface area contributed by atoms with Gasteiger partial charge >= 0.3 is 0 Å². The Kier molecular flexibility index (Phi) is 4.02. The van der Waals surface area contributed by atoms with Crippen molar-refractivity contribution in [1.29, 1.82) is 0 Å². The normalized spacial score (nSPS) is 24.9. The van der Waals surface area contributed by atoms with Crippen LogP contribution in [0.3, 0.4) is 0 Å². The summed E-state index contributed by atoms with van der Waals surface area (Å²) in [5.41, 5.74) is 3.46. The molecule has 0 saturated carbocycles. The third kappa shape index (κ3) is 2.63. The van der Waals surface area contributed by atoms with Crippen LogP contribution in [0.15, 0.2) is 46.7 Å². The molecule has 1 aromatic carbocycles. The molecule has 0 radical (unpaired) electrons. The topological polar surface area (TPSA) is 49.4 Å². The van der Waals surface area contributed by atoms with E-state index >= 15 is 0 Å². The van der Waals surface area contributed by atoms with E-state index in [4.69, 9.17) is 0 Å². The number of hydrogen-bond donors (Lipinski definition) is 1. The van der Waals surface area contributed by atoms with Crippen LogP contribution >= 0.6 is 11.3 Å². The maximum atomic E-state index is 12.5. The van der Waals surface area contributed by atoms with Gasteiger partial charge in [-0.15, -0.1) is 11.3 Å². The number of allylic oxidation sites excluding steroid dienone is 2. The molecule has 1 N–H and O–H groups in total. The van der Waals surface area contributed by atoms with Gasteiger partial charge in [0.25, 0.3) is 0 Å². The average molecular weight is 375 g/mol. The lowest BCUT2D eigenvalue weighted by Gasteiger charge is -2.37. The summed E-state index contributed by atoms with van der Waals surface area (Å²) in [6, 6.07) is 7.93. The first-order valence-corrected chi connectivity index (χ1v) is 10.7. The van der Waals surface area contributed by atoms with Crippen molar-refractivity contribution in [3.05, 3.63) is 57.8 Å². The third-order valence-electron chi connectivity index (χ3n) is 5.30. The summed E-state index contributed by atoms with van der Waals surface area (Å²) in [7, 11) is -0.278. The molecule has 0 saturated heterocycles. The molecule has 0 amide bonds. The van der Waals surface area contributed by atoms with Crippen molar-refractivity contribution >= 4 is 27.0 Å². The van der Waals surface area contributed by atoms with Gasteiger partial charge in [0.15, 0.2) is 0 Å². The molecule has 3 atom stereocenters. The molecule has 1 aliphatic carbocycles. The third-order valence-corrected chi connectivity index (χ3v) is 8.21. The molecular formula is C19H22N2O2S2. The largest absolute Gasteiger partial charge is 0.377 e. The summed E-state index contributed by atoms with van der Waals surface area (Å²) in [5, 5.41) is 5.83. The van der Waals surface area contributed by atoms with E-state index < -0.39 is 10.0 Å². The second-order valence-corrected chi connectivity index (χ2v) is 10.1. The molecule has 2 heterocycles. The second-order valence-electron chi connectivity index (χ2n) is 6.98. The van der Waals surface area contributed by atoms with Crippen LogP contribution in [-0.4, -0.2) is 26.8 Å². The number of nitrogens with one attached hydrogen (secondary N) is 1. The number of hydrogen-bond acceptors (Lipinski definition) is 4. The van der Waals surface area contributed by atoms with E-state index in [1.54, 1.807) is 31.5 Å². The van der Waals surface area contributed by atoms with Crippen molar-refractivity contribution < 1.29 is 8.42 Å². The fourth-order valence-corrected chi connectivity index (χ4v) is 5.90. The highest BCUT2D eigenvalue weighted by molar-refractivity contribution is 7.89. The van der Waals surface area contributed by atoms with E-state index in [9.17, 15) is 8.42 Å². The van der Waals surface area contributed by atoms with E-state index in [1.807, 2.05) is 12.1 Å². The zero-order valence-electron chi connectivity index (χ0n) is 14.6. The quantitative estimate of drug-likeness (QED) is 0.822. The molecule has 6 heteroatoms. The van der Waals surface area contributed by atoms with Crippen molar-refractivity contribution in [2.24, 2.45) is 5.92 Å². The first-order chi connectivity index (χ1) is 11.9. The van der Waals surface area contributed by atoms with Crippen LogP contribution < -0.4 is 5.32 Å². The van der Waals surface area contributed by atoms with Gasteiger partial charge in [0.2, 0.25) is 10.0 Å². The highest BCUT2D eigenvalue weighted by Gasteiger charge is 2.39. The number of benzene rings is 1.